The number of nitrogens with one attached hydrogen (secondary N) is 1. The zero-order chi connectivity index (χ0) is 67.9. The predicted molar refractivity (Wildman–Crippen MR) is 398 cm³/mol. The van der Waals surface area contributed by atoms with Gasteiger partial charge < -0.3 is 45.1 Å². The second-order valence-corrected chi connectivity index (χ2v) is 28.8. The van der Waals surface area contributed by atoms with Gasteiger partial charge in [-0.1, -0.05) is 378 Å². The van der Waals surface area contributed by atoms with Gasteiger partial charge in [0.25, 0.3) is 0 Å². The summed E-state index contributed by atoms with van der Waals surface area (Å²) in [7, 11) is 0. The molecular weight excluding hydrogens is 1170 g/mol. The van der Waals surface area contributed by atoms with Crippen LogP contribution in [-0.2, 0) is 23.8 Å². The lowest BCUT2D eigenvalue weighted by atomic mass is 9.99. The van der Waals surface area contributed by atoms with E-state index in [0.29, 0.717) is 19.4 Å². The second-order valence-electron chi connectivity index (χ2n) is 28.8. The fourth-order valence-electron chi connectivity index (χ4n) is 13.3. The van der Waals surface area contributed by atoms with Crippen molar-refractivity contribution in [2.45, 2.75) is 461 Å². The van der Waals surface area contributed by atoms with Crippen LogP contribution in [0.5, 0.6) is 0 Å². The first kappa shape index (κ1) is 89.9. The summed E-state index contributed by atoms with van der Waals surface area (Å²) in [4.78, 5) is 25.2. The number of rotatable bonds is 74. The van der Waals surface area contributed by atoms with Gasteiger partial charge in [0, 0.05) is 12.8 Å². The molecule has 7 atom stereocenters. The van der Waals surface area contributed by atoms with Gasteiger partial charge in [-0.05, 0) is 64.2 Å². The van der Waals surface area contributed by atoms with E-state index in [-0.39, 0.29) is 18.5 Å². The normalized spacial score (nSPS) is 17.5. The Hall–Kier alpha value is -2.12. The van der Waals surface area contributed by atoms with Crippen molar-refractivity contribution in [2.24, 2.45) is 0 Å². The van der Waals surface area contributed by atoms with Crippen molar-refractivity contribution < 1.29 is 49.3 Å². The van der Waals surface area contributed by atoms with Crippen LogP contribution >= 0.6 is 0 Å². The predicted octanol–water partition coefficient (Wildman–Crippen LogP) is 22.5. The fourth-order valence-corrected chi connectivity index (χ4v) is 13.3. The zero-order valence-corrected chi connectivity index (χ0v) is 62.0. The quantitative estimate of drug-likeness (QED) is 0.0195. The molecule has 1 rings (SSSR count). The van der Waals surface area contributed by atoms with Gasteiger partial charge in [-0.15, -0.1) is 0 Å². The maximum atomic E-state index is 13.1. The lowest BCUT2D eigenvalue weighted by Gasteiger charge is -2.40. The van der Waals surface area contributed by atoms with Crippen LogP contribution in [0, 0.1) is 0 Å². The van der Waals surface area contributed by atoms with Crippen molar-refractivity contribution in [2.75, 3.05) is 19.8 Å². The molecule has 1 aliphatic rings. The second kappa shape index (κ2) is 72.1. The topological polar surface area (TPSA) is 175 Å². The molecule has 11 nitrogen and oxygen atoms in total. The van der Waals surface area contributed by atoms with Crippen molar-refractivity contribution in [3.8, 4) is 0 Å². The highest BCUT2D eigenvalue weighted by Crippen LogP contribution is 2.24. The first-order chi connectivity index (χ1) is 46.2. The van der Waals surface area contributed by atoms with Crippen molar-refractivity contribution in [3.05, 3.63) is 36.5 Å². The van der Waals surface area contributed by atoms with E-state index < -0.39 is 49.5 Å². The molecule has 1 amide bonds. The van der Waals surface area contributed by atoms with E-state index in [9.17, 15) is 35.1 Å². The van der Waals surface area contributed by atoms with E-state index in [1.54, 1.807) is 6.08 Å². The Morgan fingerprint density at radius 3 is 1.07 bits per heavy atom. The molecule has 7 unspecified atom stereocenters. The molecule has 0 aromatic rings. The average molecular weight is 1330 g/mol. The maximum Gasteiger partial charge on any atom is 0.305 e. The number of aliphatic hydroxyl groups excluding tert-OH is 5. The minimum absolute atomic E-state index is 0.0169. The maximum absolute atomic E-state index is 13.1. The monoisotopic (exact) mass is 1330 g/mol. The highest BCUT2D eigenvalue weighted by Gasteiger charge is 2.44. The van der Waals surface area contributed by atoms with Crippen LogP contribution in [-0.4, -0.2) is 100 Å². The molecule has 554 valence electrons. The molecule has 0 bridgehead atoms. The Bertz CT molecular complexity index is 1660. The van der Waals surface area contributed by atoms with Gasteiger partial charge in [-0.2, -0.15) is 0 Å². The lowest BCUT2D eigenvalue weighted by molar-refractivity contribution is -0.302. The Morgan fingerprint density at radius 2 is 0.713 bits per heavy atom. The number of ether oxygens (including phenoxy) is 3. The van der Waals surface area contributed by atoms with E-state index in [0.717, 1.165) is 57.8 Å². The number of esters is 1. The molecule has 0 spiro atoms. The highest BCUT2D eigenvalue weighted by molar-refractivity contribution is 5.76. The Kier molecular flexibility index (Phi) is 69.0. The third-order valence-corrected chi connectivity index (χ3v) is 19.7. The molecule has 11 heteroatoms. The van der Waals surface area contributed by atoms with E-state index in [1.807, 2.05) is 6.08 Å². The summed E-state index contributed by atoms with van der Waals surface area (Å²) >= 11 is 0. The minimum atomic E-state index is -1.57. The first-order valence-electron chi connectivity index (χ1n) is 41.3. The van der Waals surface area contributed by atoms with Gasteiger partial charge in [0.2, 0.25) is 5.91 Å². The van der Waals surface area contributed by atoms with Crippen LogP contribution in [0.1, 0.15) is 418 Å². The number of hydrogen-bond acceptors (Lipinski definition) is 10. The van der Waals surface area contributed by atoms with E-state index in [2.05, 4.69) is 43.5 Å². The summed E-state index contributed by atoms with van der Waals surface area (Å²) in [5.41, 5.74) is 0. The van der Waals surface area contributed by atoms with Crippen molar-refractivity contribution in [1.82, 2.24) is 5.32 Å². The standard InChI is InChI=1S/C83H157NO10/c1-3-5-7-9-11-13-15-17-46-49-53-57-61-65-69-76(86)75(74-93-83-82(91)81(90)80(89)77(73-85)94-83)84-78(87)70-66-62-58-54-50-47-43-41-39-37-35-33-31-29-27-25-23-21-19-18-20-22-24-26-28-30-32-34-36-38-40-42-44-48-52-56-60-64-68-72-92-79(88)71-67-63-59-55-51-45-16-14-12-10-8-6-4-2/h18-19,22,24,65,69,75-77,80-83,85-86,89-91H,3-17,20-21,23,25-64,66-68,70-74H2,1-2H3,(H,84,87)/b19-18-,24-22-,69-65+. The van der Waals surface area contributed by atoms with Crippen LogP contribution in [0.2, 0.25) is 0 Å². The van der Waals surface area contributed by atoms with Crippen LogP contribution < -0.4 is 5.32 Å². The lowest BCUT2D eigenvalue weighted by Crippen LogP contribution is -2.60. The van der Waals surface area contributed by atoms with E-state index in [1.165, 1.54) is 334 Å². The molecule has 0 aromatic heterocycles. The Morgan fingerprint density at radius 1 is 0.394 bits per heavy atom. The van der Waals surface area contributed by atoms with Gasteiger partial charge in [-0.25, -0.2) is 0 Å². The molecule has 0 aliphatic carbocycles. The van der Waals surface area contributed by atoms with Gasteiger partial charge in [0.1, 0.15) is 24.4 Å². The summed E-state index contributed by atoms with van der Waals surface area (Å²) in [6, 6.07) is -0.808. The number of hydrogen-bond donors (Lipinski definition) is 6. The van der Waals surface area contributed by atoms with Crippen LogP contribution in [0.3, 0.4) is 0 Å². The SMILES string of the molecule is CCCCCCCCCCCCCC/C=C/C(O)C(COC1OC(CO)C(O)C(O)C1O)NC(=O)CCCCCCCCCCCCCCCCCCC/C=C\C/C=C\CCCCCCCCCCCCCCCCCOC(=O)CCCCCCCCCCCCCCC. The summed E-state index contributed by atoms with van der Waals surface area (Å²) in [5, 5.41) is 54.6. The summed E-state index contributed by atoms with van der Waals surface area (Å²) in [6.45, 7) is 4.40. The Balaban J connectivity index is 1.91. The van der Waals surface area contributed by atoms with E-state index >= 15 is 0 Å². The molecule has 1 fully saturated rings. The zero-order valence-electron chi connectivity index (χ0n) is 62.0. The van der Waals surface area contributed by atoms with Gasteiger partial charge in [0.05, 0.1) is 32.0 Å². The number of unbranched alkanes of at least 4 members (excludes halogenated alkanes) is 56. The van der Waals surface area contributed by atoms with Crippen LogP contribution in [0.15, 0.2) is 36.5 Å². The molecule has 1 saturated heterocycles. The third-order valence-electron chi connectivity index (χ3n) is 19.7. The number of amides is 1. The number of aliphatic hydroxyl groups is 5. The number of allylic oxidation sites excluding steroid dienone is 5. The molecule has 0 radical (unpaired) electrons. The number of carbonyl (C=O) groups is 2. The smallest absolute Gasteiger partial charge is 0.305 e. The van der Waals surface area contributed by atoms with Gasteiger partial charge in [-0.3, -0.25) is 9.59 Å². The fraction of sp³-hybridized carbons (Fsp3) is 0.904. The van der Waals surface area contributed by atoms with Gasteiger partial charge in [0.15, 0.2) is 6.29 Å². The minimum Gasteiger partial charge on any atom is -0.466 e. The molecule has 0 aromatic carbocycles. The third kappa shape index (κ3) is 59.9. The summed E-state index contributed by atoms with van der Waals surface area (Å²) in [6.07, 6.45) is 84.6. The molecule has 6 N–H and O–H groups in total. The number of carbonyl (C=O) groups excluding carboxylic acids is 2. The molecular formula is C83H157NO10. The first-order valence-corrected chi connectivity index (χ1v) is 41.3. The van der Waals surface area contributed by atoms with Gasteiger partial charge >= 0.3 is 5.97 Å². The summed E-state index contributed by atoms with van der Waals surface area (Å²) in [5.74, 6) is -0.159. The van der Waals surface area contributed by atoms with Crippen molar-refractivity contribution in [3.63, 3.8) is 0 Å². The highest BCUT2D eigenvalue weighted by atomic mass is 16.7. The van der Waals surface area contributed by atoms with Crippen molar-refractivity contribution in [1.29, 1.82) is 0 Å². The van der Waals surface area contributed by atoms with E-state index in [4.69, 9.17) is 14.2 Å². The summed E-state index contributed by atoms with van der Waals surface area (Å²) < 4.78 is 16.8. The largest absolute Gasteiger partial charge is 0.466 e. The van der Waals surface area contributed by atoms with Crippen LogP contribution in [0.4, 0.5) is 0 Å². The molecule has 1 aliphatic heterocycles. The average Bonchev–Trinajstić information content (AvgIpc) is 0.876. The molecule has 1 heterocycles. The van der Waals surface area contributed by atoms with Crippen molar-refractivity contribution >= 4 is 11.9 Å². The van der Waals surface area contributed by atoms with Crippen LogP contribution in [0.25, 0.3) is 0 Å². The molecule has 0 saturated carbocycles. The Labute approximate surface area is 581 Å². The molecule has 94 heavy (non-hydrogen) atoms.